The van der Waals surface area contributed by atoms with Crippen molar-refractivity contribution in [3.05, 3.63) is 90.3 Å². The molecular formula is C27H24N6. The maximum Gasteiger partial charge on any atom is 0.147 e. The van der Waals surface area contributed by atoms with Crippen LogP contribution in [0.5, 0.6) is 0 Å². The van der Waals surface area contributed by atoms with E-state index >= 15 is 0 Å². The van der Waals surface area contributed by atoms with Gasteiger partial charge in [-0.25, -0.2) is 4.98 Å². The molecule has 0 radical (unpaired) electrons. The summed E-state index contributed by atoms with van der Waals surface area (Å²) < 4.78 is 2.09. The van der Waals surface area contributed by atoms with Crippen LogP contribution in [0.1, 0.15) is 30.4 Å². The summed E-state index contributed by atoms with van der Waals surface area (Å²) >= 11 is 0. The van der Waals surface area contributed by atoms with E-state index in [1.807, 2.05) is 36.5 Å². The van der Waals surface area contributed by atoms with Crippen molar-refractivity contribution in [3.8, 4) is 33.8 Å². The molecule has 0 saturated heterocycles. The fourth-order valence-electron chi connectivity index (χ4n) is 4.73. The first kappa shape index (κ1) is 19.6. The topological polar surface area (TPSA) is 95.8 Å². The molecule has 6 heteroatoms. The van der Waals surface area contributed by atoms with E-state index in [0.717, 1.165) is 57.8 Å². The minimum atomic E-state index is -0.188. The zero-order chi connectivity index (χ0) is 22.4. The van der Waals surface area contributed by atoms with E-state index in [2.05, 4.69) is 51.0 Å². The van der Waals surface area contributed by atoms with Gasteiger partial charge in [-0.1, -0.05) is 54.6 Å². The molecule has 0 atom stereocenters. The van der Waals surface area contributed by atoms with Gasteiger partial charge in [0.25, 0.3) is 0 Å². The maximum atomic E-state index is 7.90. The van der Waals surface area contributed by atoms with Crippen LogP contribution in [0.25, 0.3) is 39.4 Å². The third-order valence-corrected chi connectivity index (χ3v) is 6.73. The Labute approximate surface area is 191 Å². The Hall–Kier alpha value is -4.03. The van der Waals surface area contributed by atoms with Gasteiger partial charge in [0.1, 0.15) is 5.65 Å². The summed E-state index contributed by atoms with van der Waals surface area (Å²) in [5.41, 5.74) is 14.9. The van der Waals surface area contributed by atoms with Gasteiger partial charge in [-0.15, -0.1) is 0 Å². The number of hydrogen-bond acceptors (Lipinski definition) is 4. The van der Waals surface area contributed by atoms with Gasteiger partial charge in [-0.05, 0) is 37.0 Å². The van der Waals surface area contributed by atoms with Crippen LogP contribution in [0.2, 0.25) is 0 Å². The number of rotatable bonds is 5. The SMILES string of the molecule is N=Cc1cc(-c2ccn[nH]2)c2nc(-c3ccc(C4(N)CCC4)cc3)c(-c3ccccc3)n2c1. The van der Waals surface area contributed by atoms with E-state index in [1.54, 1.807) is 6.20 Å². The molecular weight excluding hydrogens is 408 g/mol. The number of fused-ring (bicyclic) bond motifs is 1. The molecule has 5 aromatic rings. The molecule has 6 rings (SSSR count). The van der Waals surface area contributed by atoms with Gasteiger partial charge < -0.3 is 11.1 Å². The second-order valence-corrected chi connectivity index (χ2v) is 8.76. The Bertz CT molecular complexity index is 1440. The number of nitrogens with one attached hydrogen (secondary N) is 2. The van der Waals surface area contributed by atoms with Crippen LogP contribution in [0.3, 0.4) is 0 Å². The number of H-pyrrole nitrogens is 1. The summed E-state index contributed by atoms with van der Waals surface area (Å²) in [6, 6.07) is 22.7. The quantitative estimate of drug-likeness (QED) is 0.325. The van der Waals surface area contributed by atoms with Crippen LogP contribution in [0.4, 0.5) is 0 Å². The van der Waals surface area contributed by atoms with Crippen molar-refractivity contribution in [1.29, 1.82) is 5.41 Å². The van der Waals surface area contributed by atoms with Gasteiger partial charge in [-0.3, -0.25) is 9.50 Å². The van der Waals surface area contributed by atoms with Gasteiger partial charge in [0.15, 0.2) is 0 Å². The third kappa shape index (κ3) is 3.18. The predicted octanol–water partition coefficient (Wildman–Crippen LogP) is 5.39. The fourth-order valence-corrected chi connectivity index (χ4v) is 4.73. The van der Waals surface area contributed by atoms with Gasteiger partial charge in [-0.2, -0.15) is 5.10 Å². The summed E-state index contributed by atoms with van der Waals surface area (Å²) in [4.78, 5) is 5.13. The van der Waals surface area contributed by atoms with Crippen molar-refractivity contribution >= 4 is 11.9 Å². The van der Waals surface area contributed by atoms with Crippen molar-refractivity contribution in [2.24, 2.45) is 5.73 Å². The summed E-state index contributed by atoms with van der Waals surface area (Å²) in [5, 5.41) is 15.1. The Kier molecular flexibility index (Phi) is 4.48. The number of pyridine rings is 1. The molecule has 1 aliphatic carbocycles. The molecule has 162 valence electrons. The Morgan fingerprint density at radius 1 is 1.00 bits per heavy atom. The largest absolute Gasteiger partial charge is 0.321 e. The molecule has 0 unspecified atom stereocenters. The fraction of sp³-hybridized carbons (Fsp3) is 0.148. The van der Waals surface area contributed by atoms with Gasteiger partial charge in [0.05, 0.1) is 17.1 Å². The highest BCUT2D eigenvalue weighted by molar-refractivity contribution is 5.90. The van der Waals surface area contributed by atoms with Crippen LogP contribution >= 0.6 is 0 Å². The van der Waals surface area contributed by atoms with Gasteiger partial charge in [0.2, 0.25) is 0 Å². The highest BCUT2D eigenvalue weighted by atomic mass is 15.1. The number of nitrogens with zero attached hydrogens (tertiary/aromatic N) is 3. The van der Waals surface area contributed by atoms with E-state index in [4.69, 9.17) is 16.1 Å². The number of imidazole rings is 1. The molecule has 0 aliphatic heterocycles. The molecule has 1 aliphatic rings. The van der Waals surface area contributed by atoms with E-state index in [0.29, 0.717) is 0 Å². The molecule has 33 heavy (non-hydrogen) atoms. The minimum Gasteiger partial charge on any atom is -0.321 e. The molecule has 1 saturated carbocycles. The molecule has 3 aromatic heterocycles. The number of aromatic nitrogens is 4. The van der Waals surface area contributed by atoms with Crippen LogP contribution in [-0.2, 0) is 5.54 Å². The summed E-state index contributed by atoms with van der Waals surface area (Å²) in [7, 11) is 0. The molecule has 0 bridgehead atoms. The first-order valence-corrected chi connectivity index (χ1v) is 11.2. The second-order valence-electron chi connectivity index (χ2n) is 8.76. The van der Waals surface area contributed by atoms with Gasteiger partial charge in [0, 0.05) is 46.4 Å². The van der Waals surface area contributed by atoms with Crippen molar-refractivity contribution in [2.75, 3.05) is 0 Å². The van der Waals surface area contributed by atoms with Crippen LogP contribution in [-0.4, -0.2) is 25.8 Å². The van der Waals surface area contributed by atoms with Crippen LogP contribution in [0, 0.1) is 5.41 Å². The Balaban J connectivity index is 1.61. The molecule has 2 aromatic carbocycles. The summed E-state index contributed by atoms with van der Waals surface area (Å²) in [6.45, 7) is 0. The molecule has 4 N–H and O–H groups in total. The van der Waals surface area contributed by atoms with E-state index in [1.165, 1.54) is 18.2 Å². The lowest BCUT2D eigenvalue weighted by Gasteiger charge is -2.38. The summed E-state index contributed by atoms with van der Waals surface area (Å²) in [6.07, 6.45) is 8.33. The number of benzene rings is 2. The first-order valence-electron chi connectivity index (χ1n) is 11.2. The zero-order valence-corrected chi connectivity index (χ0v) is 18.1. The normalized spacial score (nSPS) is 14.8. The monoisotopic (exact) mass is 432 g/mol. The van der Waals surface area contributed by atoms with E-state index in [9.17, 15) is 0 Å². The predicted molar refractivity (Wildman–Crippen MR) is 131 cm³/mol. The average molecular weight is 433 g/mol. The van der Waals surface area contributed by atoms with Crippen molar-refractivity contribution in [2.45, 2.75) is 24.8 Å². The lowest BCUT2D eigenvalue weighted by molar-refractivity contribution is 0.253. The molecule has 0 amide bonds. The average Bonchev–Trinajstić information content (AvgIpc) is 3.51. The minimum absolute atomic E-state index is 0.188. The highest BCUT2D eigenvalue weighted by Gasteiger charge is 2.34. The van der Waals surface area contributed by atoms with Gasteiger partial charge >= 0.3 is 0 Å². The summed E-state index contributed by atoms with van der Waals surface area (Å²) in [5.74, 6) is 0. The lowest BCUT2D eigenvalue weighted by atomic mass is 9.72. The Morgan fingerprint density at radius 2 is 1.79 bits per heavy atom. The highest BCUT2D eigenvalue weighted by Crippen LogP contribution is 2.40. The molecule has 3 heterocycles. The lowest BCUT2D eigenvalue weighted by Crippen LogP contribution is -2.43. The van der Waals surface area contributed by atoms with Crippen molar-refractivity contribution < 1.29 is 0 Å². The molecule has 6 nitrogen and oxygen atoms in total. The van der Waals surface area contributed by atoms with Crippen LogP contribution < -0.4 is 5.73 Å². The van der Waals surface area contributed by atoms with Crippen LogP contribution in [0.15, 0.2) is 79.1 Å². The van der Waals surface area contributed by atoms with Crippen molar-refractivity contribution in [1.82, 2.24) is 19.6 Å². The standard InChI is InChI=1S/C27H24N6/c28-16-18-15-22(23-11-14-30-32-23)26-31-24(25(33(26)17-18)20-5-2-1-3-6-20)19-7-9-21(10-8-19)27(29)12-4-13-27/h1-3,5-11,14-17,28H,4,12-13,29H2,(H,30,32). The first-order chi connectivity index (χ1) is 16.2. The second kappa shape index (κ2) is 7.53. The molecule has 1 fully saturated rings. The number of hydrogen-bond donors (Lipinski definition) is 3. The Morgan fingerprint density at radius 3 is 2.42 bits per heavy atom. The van der Waals surface area contributed by atoms with E-state index in [-0.39, 0.29) is 5.54 Å². The maximum absolute atomic E-state index is 7.90. The zero-order valence-electron chi connectivity index (χ0n) is 18.1. The smallest absolute Gasteiger partial charge is 0.147 e. The van der Waals surface area contributed by atoms with Crippen molar-refractivity contribution in [3.63, 3.8) is 0 Å². The number of aromatic amines is 1. The third-order valence-electron chi connectivity index (χ3n) is 6.73. The number of nitrogens with two attached hydrogens (primary N) is 1. The van der Waals surface area contributed by atoms with E-state index < -0.39 is 0 Å². The molecule has 0 spiro atoms.